The molecule has 3 heterocycles. The van der Waals surface area contributed by atoms with Crippen LogP contribution in [0.4, 0.5) is 5.69 Å². The highest BCUT2D eigenvalue weighted by Gasteiger charge is 2.22. The number of rotatable bonds is 6. The van der Waals surface area contributed by atoms with E-state index in [0.29, 0.717) is 36.6 Å². The molecule has 6 nitrogen and oxygen atoms in total. The molecule has 0 N–H and O–H groups in total. The predicted octanol–water partition coefficient (Wildman–Crippen LogP) is 4.23. The Morgan fingerprint density at radius 2 is 1.57 bits per heavy atom. The smallest absolute Gasteiger partial charge is 0.254 e. The van der Waals surface area contributed by atoms with Gasteiger partial charge in [0.05, 0.1) is 25.6 Å². The summed E-state index contributed by atoms with van der Waals surface area (Å²) in [5, 5.41) is 0. The number of anilines is 1. The molecule has 1 aliphatic heterocycles. The average molecular weight is 378 g/mol. The third kappa shape index (κ3) is 4.01. The topological polar surface area (TPSA) is 66.9 Å². The van der Waals surface area contributed by atoms with E-state index >= 15 is 0 Å². The van der Waals surface area contributed by atoms with Crippen molar-refractivity contribution in [2.24, 2.45) is 0 Å². The van der Waals surface area contributed by atoms with Gasteiger partial charge in [0.25, 0.3) is 5.91 Å². The lowest BCUT2D eigenvalue weighted by Crippen LogP contribution is -2.35. The van der Waals surface area contributed by atoms with Crippen LogP contribution in [0.5, 0.6) is 0 Å². The highest BCUT2D eigenvalue weighted by molar-refractivity contribution is 5.97. The monoisotopic (exact) mass is 378 g/mol. The van der Waals surface area contributed by atoms with E-state index in [2.05, 4.69) is 0 Å². The molecule has 4 rings (SSSR count). The Bertz CT molecular complexity index is 878. The van der Waals surface area contributed by atoms with Crippen molar-refractivity contribution in [1.82, 2.24) is 4.90 Å². The van der Waals surface area contributed by atoms with E-state index in [9.17, 15) is 9.59 Å². The van der Waals surface area contributed by atoms with Crippen LogP contribution < -0.4 is 4.90 Å². The maximum atomic E-state index is 13.1. The van der Waals surface area contributed by atoms with Gasteiger partial charge in [-0.2, -0.15) is 0 Å². The van der Waals surface area contributed by atoms with Gasteiger partial charge in [0.1, 0.15) is 11.5 Å². The van der Waals surface area contributed by atoms with Gasteiger partial charge in [-0.25, -0.2) is 0 Å². The minimum Gasteiger partial charge on any atom is -0.467 e. The molecule has 0 spiro atoms. The Kier molecular flexibility index (Phi) is 5.28. The van der Waals surface area contributed by atoms with E-state index in [-0.39, 0.29) is 11.8 Å². The van der Waals surface area contributed by atoms with Crippen molar-refractivity contribution in [3.8, 4) is 0 Å². The van der Waals surface area contributed by atoms with Crippen molar-refractivity contribution >= 4 is 17.5 Å². The lowest BCUT2D eigenvalue weighted by molar-refractivity contribution is -0.119. The van der Waals surface area contributed by atoms with E-state index in [4.69, 9.17) is 8.83 Å². The summed E-state index contributed by atoms with van der Waals surface area (Å²) in [6.45, 7) is 1.42. The first-order valence-electron chi connectivity index (χ1n) is 9.45. The minimum absolute atomic E-state index is 0.121. The molecule has 0 atom stereocenters. The Morgan fingerprint density at radius 1 is 0.929 bits per heavy atom. The van der Waals surface area contributed by atoms with Crippen LogP contribution in [0.2, 0.25) is 0 Å². The van der Waals surface area contributed by atoms with Gasteiger partial charge in [-0.15, -0.1) is 0 Å². The molecule has 6 heteroatoms. The summed E-state index contributed by atoms with van der Waals surface area (Å²) in [7, 11) is 0. The van der Waals surface area contributed by atoms with E-state index in [1.165, 1.54) is 0 Å². The number of hydrogen-bond donors (Lipinski definition) is 0. The van der Waals surface area contributed by atoms with Crippen LogP contribution in [0.25, 0.3) is 0 Å². The molecule has 0 aliphatic carbocycles. The van der Waals surface area contributed by atoms with Crippen molar-refractivity contribution in [2.45, 2.75) is 32.4 Å². The van der Waals surface area contributed by atoms with Gasteiger partial charge >= 0.3 is 0 Å². The first-order chi connectivity index (χ1) is 13.7. The van der Waals surface area contributed by atoms with Gasteiger partial charge < -0.3 is 18.6 Å². The van der Waals surface area contributed by atoms with Gasteiger partial charge in [-0.3, -0.25) is 9.59 Å². The largest absolute Gasteiger partial charge is 0.467 e. The van der Waals surface area contributed by atoms with E-state index < -0.39 is 0 Å². The fraction of sp³-hybridized carbons (Fsp3) is 0.273. The highest BCUT2D eigenvalue weighted by atomic mass is 16.3. The summed E-state index contributed by atoms with van der Waals surface area (Å²) >= 11 is 0. The Labute approximate surface area is 163 Å². The zero-order chi connectivity index (χ0) is 19.3. The van der Waals surface area contributed by atoms with Gasteiger partial charge in [-0.05, 0) is 61.4 Å². The summed E-state index contributed by atoms with van der Waals surface area (Å²) in [6.07, 6.45) is 5.72. The fourth-order valence-corrected chi connectivity index (χ4v) is 3.43. The highest BCUT2D eigenvalue weighted by Crippen LogP contribution is 2.22. The molecule has 0 saturated carbocycles. The molecule has 2 amide bonds. The zero-order valence-corrected chi connectivity index (χ0v) is 15.5. The van der Waals surface area contributed by atoms with Crippen molar-refractivity contribution in [2.75, 3.05) is 11.4 Å². The lowest BCUT2D eigenvalue weighted by atomic mass is 10.1. The lowest BCUT2D eigenvalue weighted by Gasteiger charge is -2.27. The molecule has 144 valence electrons. The molecule has 2 aromatic heterocycles. The summed E-state index contributed by atoms with van der Waals surface area (Å²) < 4.78 is 10.8. The number of amides is 2. The maximum absolute atomic E-state index is 13.1. The van der Waals surface area contributed by atoms with Crippen molar-refractivity contribution in [1.29, 1.82) is 0 Å². The van der Waals surface area contributed by atoms with Crippen molar-refractivity contribution < 1.29 is 18.4 Å². The number of benzene rings is 1. The van der Waals surface area contributed by atoms with Crippen LogP contribution in [-0.4, -0.2) is 23.3 Å². The van der Waals surface area contributed by atoms with Crippen LogP contribution >= 0.6 is 0 Å². The summed E-state index contributed by atoms with van der Waals surface area (Å²) in [4.78, 5) is 28.7. The quantitative estimate of drug-likeness (QED) is 0.644. The van der Waals surface area contributed by atoms with Gasteiger partial charge in [0.2, 0.25) is 5.91 Å². The first kappa shape index (κ1) is 18.1. The second-order valence-electron chi connectivity index (χ2n) is 6.87. The first-order valence-corrected chi connectivity index (χ1v) is 9.45. The molecular weight excluding hydrogens is 356 g/mol. The number of piperidine rings is 1. The Hall–Kier alpha value is -3.28. The predicted molar refractivity (Wildman–Crippen MR) is 104 cm³/mol. The molecule has 0 unspecified atom stereocenters. The van der Waals surface area contributed by atoms with E-state index in [1.54, 1.807) is 46.6 Å². The maximum Gasteiger partial charge on any atom is 0.254 e. The molecule has 0 radical (unpaired) electrons. The second kappa shape index (κ2) is 8.17. The number of hydrogen-bond acceptors (Lipinski definition) is 4. The molecule has 0 bridgehead atoms. The number of nitrogens with zero attached hydrogens (tertiary/aromatic N) is 2. The third-order valence-corrected chi connectivity index (χ3v) is 4.89. The summed E-state index contributed by atoms with van der Waals surface area (Å²) in [5.74, 6) is 1.43. The van der Waals surface area contributed by atoms with Crippen LogP contribution in [0.1, 0.15) is 41.1 Å². The standard InChI is InChI=1S/C22H22N2O4/c25-21-7-1-2-12-24(21)18-10-8-17(9-11-18)22(26)23(15-19-5-3-13-27-19)16-20-6-4-14-28-20/h3-6,8-11,13-14H,1-2,7,12,15-16H2. The SMILES string of the molecule is O=C(c1ccc(N2CCCCC2=O)cc1)N(Cc1ccco1)Cc1ccco1. The normalized spacial score (nSPS) is 14.3. The molecule has 1 aromatic carbocycles. The zero-order valence-electron chi connectivity index (χ0n) is 15.5. The van der Waals surface area contributed by atoms with Gasteiger partial charge in [0, 0.05) is 24.2 Å². The number of furan rings is 2. The Morgan fingerprint density at radius 3 is 2.11 bits per heavy atom. The molecule has 1 fully saturated rings. The fourth-order valence-electron chi connectivity index (χ4n) is 3.43. The van der Waals surface area contributed by atoms with E-state index in [0.717, 1.165) is 25.1 Å². The van der Waals surface area contributed by atoms with Gasteiger partial charge in [0.15, 0.2) is 0 Å². The molecule has 3 aromatic rings. The number of carbonyl (C=O) groups is 2. The Balaban J connectivity index is 1.52. The molecule has 1 saturated heterocycles. The van der Waals surface area contributed by atoms with Gasteiger partial charge in [-0.1, -0.05) is 0 Å². The van der Waals surface area contributed by atoms with E-state index in [1.807, 2.05) is 24.3 Å². The van der Waals surface area contributed by atoms with Crippen molar-refractivity contribution in [3.63, 3.8) is 0 Å². The van der Waals surface area contributed by atoms with Crippen LogP contribution in [0.3, 0.4) is 0 Å². The van der Waals surface area contributed by atoms with Crippen LogP contribution in [0.15, 0.2) is 69.9 Å². The average Bonchev–Trinajstić information content (AvgIpc) is 3.42. The van der Waals surface area contributed by atoms with Crippen LogP contribution in [0, 0.1) is 0 Å². The second-order valence-corrected chi connectivity index (χ2v) is 6.87. The number of carbonyl (C=O) groups excluding carboxylic acids is 2. The molecule has 1 aliphatic rings. The summed E-state index contributed by atoms with van der Waals surface area (Å²) in [6, 6.07) is 14.5. The van der Waals surface area contributed by atoms with Crippen molar-refractivity contribution in [3.05, 3.63) is 78.1 Å². The molecule has 28 heavy (non-hydrogen) atoms. The third-order valence-electron chi connectivity index (χ3n) is 4.89. The minimum atomic E-state index is -0.121. The molecular formula is C22H22N2O4. The summed E-state index contributed by atoms with van der Waals surface area (Å²) in [5.41, 5.74) is 1.40. The van der Waals surface area contributed by atoms with Crippen LogP contribution in [-0.2, 0) is 17.9 Å².